The average Bonchev–Trinajstić information content (AvgIpc) is 2.80. The van der Waals surface area contributed by atoms with E-state index < -0.39 is 11.9 Å². The maximum absolute atomic E-state index is 12.3. The predicted molar refractivity (Wildman–Crippen MR) is 75.0 cm³/mol. The van der Waals surface area contributed by atoms with E-state index in [0.29, 0.717) is 10.4 Å². The minimum atomic E-state index is -0.872. The van der Waals surface area contributed by atoms with E-state index in [4.69, 9.17) is 5.11 Å². The average molecular weight is 274 g/mol. The first-order valence-corrected chi connectivity index (χ1v) is 6.75. The molecule has 1 aromatic carbocycles. The van der Waals surface area contributed by atoms with Crippen molar-refractivity contribution in [3.8, 4) is 0 Å². The Morgan fingerprint density at radius 3 is 2.42 bits per heavy atom. The molecule has 0 fully saturated rings. The molecule has 1 N–H and O–H groups in total. The molecule has 0 aliphatic heterocycles. The third-order valence-electron chi connectivity index (χ3n) is 2.98. The van der Waals surface area contributed by atoms with E-state index in [1.54, 1.807) is 25.1 Å². The highest BCUT2D eigenvalue weighted by molar-refractivity contribution is 7.14. The first-order chi connectivity index (χ1) is 9.00. The summed E-state index contributed by atoms with van der Waals surface area (Å²) in [6, 6.07) is 10.8. The highest BCUT2D eigenvalue weighted by Crippen LogP contribution is 2.30. The Bertz CT molecular complexity index is 614. The number of benzene rings is 1. The van der Waals surface area contributed by atoms with E-state index in [1.807, 2.05) is 25.1 Å². The van der Waals surface area contributed by atoms with Crippen LogP contribution in [0.4, 0.5) is 0 Å². The molecule has 1 aromatic heterocycles. The van der Waals surface area contributed by atoms with Gasteiger partial charge in [0.2, 0.25) is 5.78 Å². The van der Waals surface area contributed by atoms with Crippen LogP contribution in [0.1, 0.15) is 38.5 Å². The zero-order valence-corrected chi connectivity index (χ0v) is 11.5. The van der Waals surface area contributed by atoms with Gasteiger partial charge in [0.05, 0.1) is 10.8 Å². The van der Waals surface area contributed by atoms with Crippen LogP contribution in [0.3, 0.4) is 0 Å². The highest BCUT2D eigenvalue weighted by Gasteiger charge is 2.21. The summed E-state index contributed by atoms with van der Waals surface area (Å²) in [6.45, 7) is 3.48. The number of aliphatic carboxylic acids is 1. The number of hydrogen-bond acceptors (Lipinski definition) is 3. The molecule has 1 unspecified atom stereocenters. The summed E-state index contributed by atoms with van der Waals surface area (Å²) < 4.78 is 0. The fraction of sp³-hybridized carbons (Fsp3) is 0.200. The molecule has 0 aliphatic carbocycles. The Kier molecular flexibility index (Phi) is 3.81. The molecule has 3 nitrogen and oxygen atoms in total. The van der Waals surface area contributed by atoms with Gasteiger partial charge in [0.15, 0.2) is 0 Å². The smallest absolute Gasteiger partial charge is 0.311 e. The number of thiophene rings is 1. The Labute approximate surface area is 115 Å². The normalized spacial score (nSPS) is 12.1. The van der Waals surface area contributed by atoms with E-state index in [1.165, 1.54) is 11.3 Å². The summed E-state index contributed by atoms with van der Waals surface area (Å²) in [6.07, 6.45) is 0. The largest absolute Gasteiger partial charge is 0.481 e. The number of hydrogen-bond donors (Lipinski definition) is 1. The van der Waals surface area contributed by atoms with Gasteiger partial charge in [-0.15, -0.1) is 11.3 Å². The summed E-state index contributed by atoms with van der Waals surface area (Å²) >= 11 is 1.27. The van der Waals surface area contributed by atoms with Crippen molar-refractivity contribution in [1.29, 1.82) is 0 Å². The van der Waals surface area contributed by atoms with Crippen LogP contribution in [0.25, 0.3) is 0 Å². The van der Waals surface area contributed by atoms with Crippen molar-refractivity contribution < 1.29 is 14.7 Å². The first-order valence-electron chi connectivity index (χ1n) is 5.93. The van der Waals surface area contributed by atoms with Crippen LogP contribution in [0.15, 0.2) is 36.4 Å². The quantitative estimate of drug-likeness (QED) is 0.868. The van der Waals surface area contributed by atoms with Crippen LogP contribution < -0.4 is 0 Å². The monoisotopic (exact) mass is 274 g/mol. The van der Waals surface area contributed by atoms with Crippen molar-refractivity contribution in [1.82, 2.24) is 0 Å². The molecule has 2 aromatic rings. The second-order valence-electron chi connectivity index (χ2n) is 4.41. The van der Waals surface area contributed by atoms with Gasteiger partial charge >= 0.3 is 5.97 Å². The molecule has 0 saturated carbocycles. The molecule has 1 heterocycles. The number of aryl methyl sites for hydroxylation is 1. The first kappa shape index (κ1) is 13.5. The van der Waals surface area contributed by atoms with Crippen LogP contribution in [-0.2, 0) is 4.79 Å². The third kappa shape index (κ3) is 2.74. The fourth-order valence-corrected chi connectivity index (χ4v) is 3.06. The van der Waals surface area contributed by atoms with Crippen molar-refractivity contribution in [2.24, 2.45) is 0 Å². The summed E-state index contributed by atoms with van der Waals surface area (Å²) in [7, 11) is 0. The summed E-state index contributed by atoms with van der Waals surface area (Å²) in [5, 5.41) is 9.05. The van der Waals surface area contributed by atoms with Crippen LogP contribution >= 0.6 is 11.3 Å². The highest BCUT2D eigenvalue weighted by atomic mass is 32.1. The SMILES string of the molecule is Cc1cc(C(=O)c2ccccc2)sc1C(C)C(=O)O. The summed E-state index contributed by atoms with van der Waals surface area (Å²) in [5.74, 6) is -1.51. The standard InChI is InChI=1S/C15H14O3S/c1-9-8-12(19-14(9)10(2)15(17)18)13(16)11-6-4-3-5-7-11/h3-8,10H,1-2H3,(H,17,18). The van der Waals surface area contributed by atoms with E-state index in [0.717, 1.165) is 10.4 Å². The van der Waals surface area contributed by atoms with Gasteiger partial charge in [-0.1, -0.05) is 30.3 Å². The molecule has 2 rings (SSSR count). The molecule has 0 bridgehead atoms. The van der Waals surface area contributed by atoms with Gasteiger partial charge in [-0.05, 0) is 25.5 Å². The molecular weight excluding hydrogens is 260 g/mol. The van der Waals surface area contributed by atoms with Crippen molar-refractivity contribution in [3.63, 3.8) is 0 Å². The topological polar surface area (TPSA) is 54.4 Å². The van der Waals surface area contributed by atoms with Crippen molar-refractivity contribution >= 4 is 23.1 Å². The molecule has 0 radical (unpaired) electrons. The second-order valence-corrected chi connectivity index (χ2v) is 5.50. The fourth-order valence-electron chi connectivity index (χ4n) is 1.88. The number of ketones is 1. The van der Waals surface area contributed by atoms with Gasteiger partial charge in [-0.25, -0.2) is 0 Å². The third-order valence-corrected chi connectivity index (χ3v) is 4.40. The van der Waals surface area contributed by atoms with E-state index in [-0.39, 0.29) is 5.78 Å². The van der Waals surface area contributed by atoms with Crippen LogP contribution in [-0.4, -0.2) is 16.9 Å². The number of carbonyl (C=O) groups is 2. The lowest BCUT2D eigenvalue weighted by molar-refractivity contribution is -0.138. The van der Waals surface area contributed by atoms with Crippen LogP contribution in [0.5, 0.6) is 0 Å². The molecule has 19 heavy (non-hydrogen) atoms. The summed E-state index contributed by atoms with van der Waals surface area (Å²) in [4.78, 5) is 24.6. The van der Waals surface area contributed by atoms with Crippen molar-refractivity contribution in [2.75, 3.05) is 0 Å². The Morgan fingerprint density at radius 2 is 1.84 bits per heavy atom. The van der Waals surface area contributed by atoms with E-state index in [2.05, 4.69) is 0 Å². The van der Waals surface area contributed by atoms with Gasteiger partial charge in [-0.2, -0.15) is 0 Å². The Balaban J connectivity index is 2.35. The molecule has 4 heteroatoms. The van der Waals surface area contributed by atoms with E-state index >= 15 is 0 Å². The molecule has 0 spiro atoms. The van der Waals surface area contributed by atoms with Gasteiger partial charge in [0.25, 0.3) is 0 Å². The van der Waals surface area contributed by atoms with Crippen LogP contribution in [0, 0.1) is 6.92 Å². The molecule has 0 saturated heterocycles. The van der Waals surface area contributed by atoms with Gasteiger partial charge in [0, 0.05) is 10.4 Å². The van der Waals surface area contributed by atoms with Crippen LogP contribution in [0.2, 0.25) is 0 Å². The van der Waals surface area contributed by atoms with Crippen molar-refractivity contribution in [2.45, 2.75) is 19.8 Å². The minimum Gasteiger partial charge on any atom is -0.481 e. The number of carbonyl (C=O) groups excluding carboxylic acids is 1. The maximum Gasteiger partial charge on any atom is 0.311 e. The number of carboxylic acid groups (broad SMARTS) is 1. The van der Waals surface area contributed by atoms with Gasteiger partial charge in [0.1, 0.15) is 0 Å². The molecule has 0 amide bonds. The van der Waals surface area contributed by atoms with E-state index in [9.17, 15) is 9.59 Å². The lowest BCUT2D eigenvalue weighted by atomic mass is 10.1. The Morgan fingerprint density at radius 1 is 1.21 bits per heavy atom. The predicted octanol–water partition coefficient (Wildman–Crippen LogP) is 3.48. The second kappa shape index (κ2) is 5.36. The molecule has 0 aliphatic rings. The van der Waals surface area contributed by atoms with Gasteiger partial charge in [-0.3, -0.25) is 9.59 Å². The molecule has 1 atom stereocenters. The molecule has 98 valence electrons. The lowest BCUT2D eigenvalue weighted by Crippen LogP contribution is -2.06. The van der Waals surface area contributed by atoms with Gasteiger partial charge < -0.3 is 5.11 Å². The minimum absolute atomic E-state index is 0.0578. The zero-order valence-electron chi connectivity index (χ0n) is 10.7. The molecular formula is C15H14O3S. The zero-order chi connectivity index (χ0) is 14.0. The number of rotatable bonds is 4. The van der Waals surface area contributed by atoms with Crippen molar-refractivity contribution in [3.05, 3.63) is 57.3 Å². The summed E-state index contributed by atoms with van der Waals surface area (Å²) in [5.41, 5.74) is 1.48. The maximum atomic E-state index is 12.3. The number of carboxylic acids is 1. The lowest BCUT2D eigenvalue weighted by Gasteiger charge is -2.03. The Hall–Kier alpha value is -1.94.